The molecule has 2 atom stereocenters. The van der Waals surface area contributed by atoms with E-state index in [0.717, 1.165) is 25.7 Å². The van der Waals surface area contributed by atoms with Gasteiger partial charge in [0.1, 0.15) is 5.82 Å². The molecule has 2 aliphatic heterocycles. The van der Waals surface area contributed by atoms with Gasteiger partial charge < -0.3 is 10.2 Å². The van der Waals surface area contributed by atoms with Crippen molar-refractivity contribution in [1.29, 1.82) is 0 Å². The first-order valence-corrected chi connectivity index (χ1v) is 8.45. The highest BCUT2D eigenvalue weighted by Crippen LogP contribution is 2.28. The third kappa shape index (κ3) is 3.22. The summed E-state index contributed by atoms with van der Waals surface area (Å²) in [5, 5.41) is 3.44. The molecule has 0 bridgehead atoms. The Morgan fingerprint density at radius 1 is 1.33 bits per heavy atom. The van der Waals surface area contributed by atoms with E-state index in [2.05, 4.69) is 41.1 Å². The quantitative estimate of drug-likeness (QED) is 0.921. The van der Waals surface area contributed by atoms with Crippen LogP contribution < -0.4 is 10.2 Å². The number of pyridine rings is 1. The number of hydrogen-bond donors (Lipinski definition) is 1. The highest BCUT2D eigenvalue weighted by Gasteiger charge is 2.34. The second kappa shape index (κ2) is 6.75. The van der Waals surface area contributed by atoms with Gasteiger partial charge in [-0.05, 0) is 38.9 Å². The molecule has 3 rings (SSSR count). The zero-order valence-corrected chi connectivity index (χ0v) is 13.4. The van der Waals surface area contributed by atoms with Gasteiger partial charge in [0.25, 0.3) is 0 Å². The highest BCUT2D eigenvalue weighted by atomic mass is 15.3. The highest BCUT2D eigenvalue weighted by molar-refractivity contribution is 5.48. The molecule has 0 aliphatic carbocycles. The minimum absolute atomic E-state index is 0.551. The molecule has 3 heterocycles. The summed E-state index contributed by atoms with van der Waals surface area (Å²) in [5.41, 5.74) is 1.33. The van der Waals surface area contributed by atoms with E-state index in [9.17, 15) is 0 Å². The first-order chi connectivity index (χ1) is 10.3. The van der Waals surface area contributed by atoms with Crippen LogP contribution in [0.4, 0.5) is 5.82 Å². The van der Waals surface area contributed by atoms with Gasteiger partial charge in [0.05, 0.1) is 0 Å². The average molecular weight is 288 g/mol. The maximum Gasteiger partial charge on any atom is 0.133 e. The SMILES string of the molecule is CCNCc1cccnc1N1CC2CCCCN2CC1C. The largest absolute Gasteiger partial charge is 0.351 e. The van der Waals surface area contributed by atoms with Gasteiger partial charge in [0.15, 0.2) is 0 Å². The fourth-order valence-corrected chi connectivity index (χ4v) is 3.73. The summed E-state index contributed by atoms with van der Waals surface area (Å²) in [4.78, 5) is 9.94. The second-order valence-electron chi connectivity index (χ2n) is 6.41. The molecule has 2 aliphatic rings. The fourth-order valence-electron chi connectivity index (χ4n) is 3.73. The van der Waals surface area contributed by atoms with E-state index in [1.165, 1.54) is 43.7 Å². The van der Waals surface area contributed by atoms with Crippen LogP contribution in [0, 0.1) is 0 Å². The molecule has 2 unspecified atom stereocenters. The molecule has 116 valence electrons. The van der Waals surface area contributed by atoms with Gasteiger partial charge in [0, 0.05) is 43.5 Å². The number of fused-ring (bicyclic) bond motifs is 1. The van der Waals surface area contributed by atoms with Crippen molar-refractivity contribution in [2.45, 2.75) is 51.7 Å². The van der Waals surface area contributed by atoms with Crippen LogP contribution in [0.3, 0.4) is 0 Å². The van der Waals surface area contributed by atoms with Crippen molar-refractivity contribution < 1.29 is 0 Å². The predicted molar refractivity (Wildman–Crippen MR) is 87.6 cm³/mol. The van der Waals surface area contributed by atoms with E-state index in [4.69, 9.17) is 4.98 Å². The smallest absolute Gasteiger partial charge is 0.133 e. The number of nitrogens with zero attached hydrogens (tertiary/aromatic N) is 3. The van der Waals surface area contributed by atoms with Crippen LogP contribution >= 0.6 is 0 Å². The molecule has 0 radical (unpaired) electrons. The third-order valence-corrected chi connectivity index (χ3v) is 4.89. The number of piperazine rings is 1. The molecule has 21 heavy (non-hydrogen) atoms. The van der Waals surface area contributed by atoms with Gasteiger partial charge in [0.2, 0.25) is 0 Å². The molecular formula is C17H28N4. The Kier molecular flexibility index (Phi) is 4.76. The van der Waals surface area contributed by atoms with Crippen molar-refractivity contribution in [2.75, 3.05) is 31.1 Å². The molecule has 2 saturated heterocycles. The van der Waals surface area contributed by atoms with E-state index in [1.54, 1.807) is 0 Å². The van der Waals surface area contributed by atoms with Crippen LogP contribution in [0.15, 0.2) is 18.3 Å². The molecule has 1 aromatic heterocycles. The monoisotopic (exact) mass is 288 g/mol. The van der Waals surface area contributed by atoms with Crippen LogP contribution in [0.5, 0.6) is 0 Å². The molecule has 0 aromatic carbocycles. The summed E-state index contributed by atoms with van der Waals surface area (Å²) in [7, 11) is 0. The van der Waals surface area contributed by atoms with Gasteiger partial charge in [-0.25, -0.2) is 4.98 Å². The van der Waals surface area contributed by atoms with Crippen LogP contribution in [0.2, 0.25) is 0 Å². The zero-order valence-electron chi connectivity index (χ0n) is 13.4. The van der Waals surface area contributed by atoms with Crippen molar-refractivity contribution >= 4 is 5.82 Å². The van der Waals surface area contributed by atoms with E-state index < -0.39 is 0 Å². The van der Waals surface area contributed by atoms with Gasteiger partial charge >= 0.3 is 0 Å². The lowest BCUT2D eigenvalue weighted by atomic mass is 9.97. The average Bonchev–Trinajstić information content (AvgIpc) is 2.52. The predicted octanol–water partition coefficient (Wildman–Crippen LogP) is 2.25. The Morgan fingerprint density at radius 3 is 3.10 bits per heavy atom. The zero-order chi connectivity index (χ0) is 14.7. The molecule has 0 amide bonds. The summed E-state index contributed by atoms with van der Waals surface area (Å²) >= 11 is 0. The minimum atomic E-state index is 0.551. The molecular weight excluding hydrogens is 260 g/mol. The maximum absolute atomic E-state index is 4.71. The number of rotatable bonds is 4. The van der Waals surface area contributed by atoms with Crippen molar-refractivity contribution in [1.82, 2.24) is 15.2 Å². The molecule has 0 spiro atoms. The molecule has 4 heteroatoms. The number of piperidine rings is 1. The van der Waals surface area contributed by atoms with Crippen LogP contribution in [0.25, 0.3) is 0 Å². The van der Waals surface area contributed by atoms with Gasteiger partial charge in [-0.15, -0.1) is 0 Å². The van der Waals surface area contributed by atoms with Gasteiger partial charge in [-0.2, -0.15) is 0 Å². The minimum Gasteiger partial charge on any atom is -0.351 e. The summed E-state index contributed by atoms with van der Waals surface area (Å²) in [6.07, 6.45) is 6.04. The number of anilines is 1. The van der Waals surface area contributed by atoms with Crippen molar-refractivity contribution in [3.63, 3.8) is 0 Å². The lowest BCUT2D eigenvalue weighted by Crippen LogP contribution is -2.59. The summed E-state index contributed by atoms with van der Waals surface area (Å²) in [6, 6.07) is 5.54. The third-order valence-electron chi connectivity index (χ3n) is 4.89. The van der Waals surface area contributed by atoms with Crippen LogP contribution in [0.1, 0.15) is 38.7 Å². The molecule has 1 aromatic rings. The molecule has 0 saturated carbocycles. The van der Waals surface area contributed by atoms with Gasteiger partial charge in [-0.1, -0.05) is 19.4 Å². The molecule has 4 nitrogen and oxygen atoms in total. The summed E-state index contributed by atoms with van der Waals surface area (Å²) < 4.78 is 0. The van der Waals surface area contributed by atoms with Crippen LogP contribution in [-0.4, -0.2) is 48.1 Å². The van der Waals surface area contributed by atoms with Crippen molar-refractivity contribution in [2.24, 2.45) is 0 Å². The number of aromatic nitrogens is 1. The fraction of sp³-hybridized carbons (Fsp3) is 0.706. The van der Waals surface area contributed by atoms with E-state index in [-0.39, 0.29) is 0 Å². The Labute approximate surface area is 128 Å². The van der Waals surface area contributed by atoms with Crippen molar-refractivity contribution in [3.8, 4) is 0 Å². The number of nitrogens with one attached hydrogen (secondary N) is 1. The van der Waals surface area contributed by atoms with Gasteiger partial charge in [-0.3, -0.25) is 4.90 Å². The Balaban J connectivity index is 1.79. The molecule has 1 N–H and O–H groups in total. The van der Waals surface area contributed by atoms with E-state index in [1.807, 2.05) is 6.20 Å². The van der Waals surface area contributed by atoms with Crippen LogP contribution in [-0.2, 0) is 6.54 Å². The second-order valence-corrected chi connectivity index (χ2v) is 6.41. The molecule has 2 fully saturated rings. The summed E-state index contributed by atoms with van der Waals surface area (Å²) in [6.45, 7) is 10.0. The first kappa shape index (κ1) is 14.8. The number of hydrogen-bond acceptors (Lipinski definition) is 4. The lowest BCUT2D eigenvalue weighted by Gasteiger charge is -2.48. The Bertz CT molecular complexity index is 462. The Hall–Kier alpha value is -1.13. The van der Waals surface area contributed by atoms with E-state index >= 15 is 0 Å². The normalized spacial score (nSPS) is 26.7. The van der Waals surface area contributed by atoms with E-state index in [0.29, 0.717) is 6.04 Å². The standard InChI is InChI=1S/C17H28N4/c1-3-18-11-15-7-6-9-19-17(15)21-13-16-8-4-5-10-20(16)12-14(21)2/h6-7,9,14,16,18H,3-5,8,10-13H2,1-2H3. The topological polar surface area (TPSA) is 31.4 Å². The van der Waals surface area contributed by atoms with Crippen molar-refractivity contribution in [3.05, 3.63) is 23.9 Å². The lowest BCUT2D eigenvalue weighted by molar-refractivity contribution is 0.115. The summed E-state index contributed by atoms with van der Waals surface area (Å²) in [5.74, 6) is 1.19. The Morgan fingerprint density at radius 2 is 2.24 bits per heavy atom. The first-order valence-electron chi connectivity index (χ1n) is 8.45. The maximum atomic E-state index is 4.71.